The first-order valence-corrected chi connectivity index (χ1v) is 12.5. The summed E-state index contributed by atoms with van der Waals surface area (Å²) in [6.45, 7) is -0.351. The van der Waals surface area contributed by atoms with Crippen molar-refractivity contribution >= 4 is 75.3 Å². The summed E-state index contributed by atoms with van der Waals surface area (Å²) >= 11 is 9.86. The molecule has 3 amide bonds. The van der Waals surface area contributed by atoms with Crippen LogP contribution in [0.1, 0.15) is 4.88 Å². The molecule has 0 spiro atoms. The van der Waals surface area contributed by atoms with Crippen molar-refractivity contribution in [2.24, 2.45) is 0 Å². The van der Waals surface area contributed by atoms with Gasteiger partial charge in [0.1, 0.15) is 12.3 Å². The molecule has 10 heteroatoms. The lowest BCUT2D eigenvalue weighted by atomic mass is 10.3. The maximum atomic E-state index is 12.7. The van der Waals surface area contributed by atoms with E-state index in [1.54, 1.807) is 49.2 Å². The van der Waals surface area contributed by atoms with Gasteiger partial charge in [0, 0.05) is 20.5 Å². The Hall–Kier alpha value is -2.72. The molecule has 0 aliphatic carbocycles. The van der Waals surface area contributed by atoms with E-state index < -0.39 is 17.1 Å². The molecule has 1 aliphatic rings. The Morgan fingerprint density at radius 1 is 1.09 bits per heavy atom. The second kappa shape index (κ2) is 10.5. The molecule has 0 atom stereocenters. The summed E-state index contributed by atoms with van der Waals surface area (Å²) in [6.07, 6.45) is 1.68. The fourth-order valence-electron chi connectivity index (χ4n) is 2.87. The number of carbonyl (C=O) groups is 3. The van der Waals surface area contributed by atoms with E-state index in [2.05, 4.69) is 5.32 Å². The molecule has 1 saturated heterocycles. The number of benzene rings is 2. The molecule has 0 bridgehead atoms. The van der Waals surface area contributed by atoms with Crippen molar-refractivity contribution in [2.75, 3.05) is 19.0 Å². The smallest absolute Gasteiger partial charge is 0.294 e. The number of hydrogen-bond donors (Lipinski definition) is 1. The first kappa shape index (κ1) is 23.4. The topological polar surface area (TPSA) is 75.7 Å². The van der Waals surface area contributed by atoms with Crippen molar-refractivity contribution in [3.8, 4) is 5.75 Å². The largest absolute Gasteiger partial charge is 0.497 e. The molecule has 0 radical (unpaired) electrons. The third-order valence-corrected chi connectivity index (χ3v) is 7.79. The average molecular weight is 517 g/mol. The quantitative estimate of drug-likeness (QED) is 0.375. The maximum Gasteiger partial charge on any atom is 0.294 e. The minimum atomic E-state index is -0.477. The van der Waals surface area contributed by atoms with Crippen LogP contribution in [0.2, 0.25) is 5.02 Å². The van der Waals surface area contributed by atoms with Crippen LogP contribution in [0.4, 0.5) is 10.5 Å². The zero-order chi connectivity index (χ0) is 23.4. The second-order valence-electron chi connectivity index (χ2n) is 6.76. The normalized spacial score (nSPS) is 14.7. The molecule has 4 rings (SSSR count). The van der Waals surface area contributed by atoms with E-state index in [0.29, 0.717) is 21.4 Å². The molecule has 0 saturated carbocycles. The van der Waals surface area contributed by atoms with Gasteiger partial charge in [0.25, 0.3) is 11.1 Å². The van der Waals surface area contributed by atoms with E-state index in [0.717, 1.165) is 30.6 Å². The highest BCUT2D eigenvalue weighted by Gasteiger charge is 2.36. The summed E-state index contributed by atoms with van der Waals surface area (Å²) < 4.78 is 6.12. The van der Waals surface area contributed by atoms with Crippen molar-refractivity contribution in [1.82, 2.24) is 4.90 Å². The summed E-state index contributed by atoms with van der Waals surface area (Å²) in [5, 5.41) is 2.89. The molecule has 2 heterocycles. The van der Waals surface area contributed by atoms with Gasteiger partial charge in [-0.2, -0.15) is 0 Å². The molecular weight excluding hydrogens is 500 g/mol. The number of ether oxygens (including phenoxy) is 1. The van der Waals surface area contributed by atoms with Crippen molar-refractivity contribution in [1.29, 1.82) is 0 Å². The van der Waals surface area contributed by atoms with E-state index in [9.17, 15) is 14.4 Å². The predicted molar refractivity (Wildman–Crippen MR) is 134 cm³/mol. The molecule has 0 unspecified atom stereocenters. The van der Waals surface area contributed by atoms with Gasteiger partial charge in [-0.05, 0) is 78.5 Å². The van der Waals surface area contributed by atoms with Gasteiger partial charge < -0.3 is 10.1 Å². The van der Waals surface area contributed by atoms with Crippen LogP contribution >= 0.6 is 46.5 Å². The van der Waals surface area contributed by atoms with E-state index >= 15 is 0 Å². The Kier molecular flexibility index (Phi) is 7.44. The summed E-state index contributed by atoms with van der Waals surface area (Å²) in [5.41, 5.74) is 0.549. The minimum Gasteiger partial charge on any atom is -0.497 e. The number of methoxy groups -OCH3 is 1. The Labute approximate surface area is 208 Å². The number of halogens is 1. The van der Waals surface area contributed by atoms with E-state index in [4.69, 9.17) is 16.3 Å². The molecule has 33 heavy (non-hydrogen) atoms. The minimum absolute atomic E-state index is 0.294. The molecule has 6 nitrogen and oxygen atoms in total. The van der Waals surface area contributed by atoms with Crippen molar-refractivity contribution < 1.29 is 19.1 Å². The Bertz CT molecular complexity index is 1220. The molecule has 2 aromatic carbocycles. The van der Waals surface area contributed by atoms with Crippen molar-refractivity contribution in [3.05, 3.63) is 75.5 Å². The van der Waals surface area contributed by atoms with Crippen LogP contribution in [-0.2, 0) is 9.59 Å². The number of hydrogen-bond acceptors (Lipinski definition) is 7. The third-order valence-electron chi connectivity index (χ3n) is 4.46. The van der Waals surface area contributed by atoms with Crippen molar-refractivity contribution in [3.63, 3.8) is 0 Å². The van der Waals surface area contributed by atoms with Gasteiger partial charge in [0.15, 0.2) is 0 Å². The molecule has 3 aromatic rings. The number of nitrogens with zero attached hydrogens (tertiary/aromatic N) is 1. The average Bonchev–Trinajstić information content (AvgIpc) is 3.35. The first-order valence-electron chi connectivity index (χ1n) is 9.64. The monoisotopic (exact) mass is 516 g/mol. The molecule has 1 aromatic heterocycles. The van der Waals surface area contributed by atoms with Crippen LogP contribution in [-0.4, -0.2) is 35.6 Å². The Balaban J connectivity index is 1.38. The Morgan fingerprint density at radius 3 is 2.52 bits per heavy atom. The highest BCUT2D eigenvalue weighted by Crippen LogP contribution is 2.37. The number of thioether (sulfide) groups is 1. The van der Waals surface area contributed by atoms with Gasteiger partial charge in [-0.3, -0.25) is 19.3 Å². The number of nitrogens with one attached hydrogen (secondary N) is 1. The summed E-state index contributed by atoms with van der Waals surface area (Å²) in [6, 6.07) is 18.2. The molecule has 168 valence electrons. The van der Waals surface area contributed by atoms with Gasteiger partial charge in [-0.1, -0.05) is 23.4 Å². The lowest BCUT2D eigenvalue weighted by Gasteiger charge is -2.12. The number of imide groups is 1. The van der Waals surface area contributed by atoms with Gasteiger partial charge >= 0.3 is 0 Å². The summed E-state index contributed by atoms with van der Waals surface area (Å²) in [5.74, 6) is -0.274. The fourth-order valence-corrected chi connectivity index (χ4v) is 5.97. The van der Waals surface area contributed by atoms with Gasteiger partial charge in [0.2, 0.25) is 5.91 Å². The first-order chi connectivity index (χ1) is 15.9. The van der Waals surface area contributed by atoms with Crippen LogP contribution in [0, 0.1) is 0 Å². The van der Waals surface area contributed by atoms with Crippen LogP contribution < -0.4 is 10.1 Å². The van der Waals surface area contributed by atoms with E-state index in [1.165, 1.54) is 11.3 Å². The lowest BCUT2D eigenvalue weighted by molar-refractivity contribution is -0.127. The third kappa shape index (κ3) is 6.00. The predicted octanol–water partition coefficient (Wildman–Crippen LogP) is 6.24. The van der Waals surface area contributed by atoms with Crippen LogP contribution in [0.25, 0.3) is 6.08 Å². The highest BCUT2D eigenvalue weighted by molar-refractivity contribution is 8.18. The van der Waals surface area contributed by atoms with E-state index in [-0.39, 0.29) is 6.54 Å². The number of rotatable bonds is 7. The molecule has 1 aliphatic heterocycles. The van der Waals surface area contributed by atoms with Gasteiger partial charge in [-0.25, -0.2) is 0 Å². The summed E-state index contributed by atoms with van der Waals surface area (Å²) in [4.78, 5) is 40.6. The van der Waals surface area contributed by atoms with Crippen LogP contribution in [0.15, 0.2) is 74.7 Å². The number of carbonyl (C=O) groups excluding carboxylic acids is 3. The zero-order valence-electron chi connectivity index (χ0n) is 17.2. The van der Waals surface area contributed by atoms with Crippen LogP contribution in [0.3, 0.4) is 0 Å². The summed E-state index contributed by atoms with van der Waals surface area (Å²) in [7, 11) is 1.55. The molecule has 1 fully saturated rings. The lowest BCUT2D eigenvalue weighted by Crippen LogP contribution is -2.36. The number of anilines is 1. The SMILES string of the molecule is COc1ccc(NC(=O)CN2C(=O)S/C(=C/c3ccc(Sc4ccc(Cl)cc4)s3)C2=O)cc1. The van der Waals surface area contributed by atoms with Gasteiger partial charge in [-0.15, -0.1) is 11.3 Å². The van der Waals surface area contributed by atoms with Crippen LogP contribution in [0.5, 0.6) is 5.75 Å². The van der Waals surface area contributed by atoms with E-state index in [1.807, 2.05) is 36.4 Å². The zero-order valence-corrected chi connectivity index (χ0v) is 20.4. The van der Waals surface area contributed by atoms with Crippen molar-refractivity contribution in [2.45, 2.75) is 9.10 Å². The number of thiophene rings is 1. The molecular formula is C23H17ClN2O4S3. The number of amides is 3. The highest BCUT2D eigenvalue weighted by atomic mass is 35.5. The standard InChI is InChI=1S/C23H17ClN2O4S3/c1-30-16-6-4-15(5-7-16)25-20(27)13-26-22(28)19(33-23(26)29)12-18-10-11-21(32-18)31-17-8-2-14(24)3-9-17/h2-12H,13H2,1H3,(H,25,27)/b19-12+. The maximum absolute atomic E-state index is 12.7. The van der Waals surface area contributed by atoms with Gasteiger partial charge in [0.05, 0.1) is 16.2 Å². The molecule has 1 N–H and O–H groups in total. The second-order valence-corrected chi connectivity index (χ2v) is 10.7. The fraction of sp³-hybridized carbons (Fsp3) is 0.0870. The Morgan fingerprint density at radius 2 is 1.82 bits per heavy atom.